The molecule has 6 nitrogen and oxygen atoms in total. The Kier molecular flexibility index (Phi) is 6.40. The smallest absolute Gasteiger partial charge is 0.259 e. The van der Waals surface area contributed by atoms with Gasteiger partial charge in [-0.1, -0.05) is 36.4 Å². The van der Waals surface area contributed by atoms with Crippen molar-refractivity contribution in [3.63, 3.8) is 0 Å². The predicted molar refractivity (Wildman–Crippen MR) is 123 cm³/mol. The van der Waals surface area contributed by atoms with Gasteiger partial charge in [-0.15, -0.1) is 0 Å². The van der Waals surface area contributed by atoms with E-state index in [2.05, 4.69) is 5.32 Å². The summed E-state index contributed by atoms with van der Waals surface area (Å²) in [5.74, 6) is 1.13. The van der Waals surface area contributed by atoms with E-state index in [4.69, 9.17) is 9.47 Å². The van der Waals surface area contributed by atoms with Gasteiger partial charge in [-0.25, -0.2) is 0 Å². The number of rotatable bonds is 7. The summed E-state index contributed by atoms with van der Waals surface area (Å²) in [4.78, 5) is 28.1. The molecule has 0 saturated carbocycles. The van der Waals surface area contributed by atoms with Gasteiger partial charge in [-0.2, -0.15) is 0 Å². The summed E-state index contributed by atoms with van der Waals surface area (Å²) in [7, 11) is 3.23. The fourth-order valence-corrected chi connectivity index (χ4v) is 4.08. The van der Waals surface area contributed by atoms with E-state index in [0.29, 0.717) is 24.9 Å². The zero-order chi connectivity index (χ0) is 22.5. The molecule has 1 N–H and O–H groups in total. The molecule has 164 valence electrons. The number of carbonyl (C=O) groups is 2. The third-order valence-electron chi connectivity index (χ3n) is 5.70. The van der Waals surface area contributed by atoms with Gasteiger partial charge in [-0.3, -0.25) is 14.5 Å². The molecule has 1 aliphatic rings. The monoisotopic (exact) mass is 430 g/mol. The maximum atomic E-state index is 13.3. The van der Waals surface area contributed by atoms with E-state index in [0.717, 1.165) is 28.3 Å². The Morgan fingerprint density at radius 3 is 2.47 bits per heavy atom. The number of amides is 2. The second-order valence-corrected chi connectivity index (χ2v) is 7.61. The molecular weight excluding hydrogens is 404 g/mol. The number of hydrogen-bond acceptors (Lipinski definition) is 4. The zero-order valence-electron chi connectivity index (χ0n) is 18.2. The minimum absolute atomic E-state index is 0.174. The first-order valence-corrected chi connectivity index (χ1v) is 10.6. The standard InChI is InChI=1S/C26H26N2O4/c1-31-21-12-13-24(32-2)20(16-21)14-15-27-25(29)23-17-19-10-6-7-11-22(19)28(23)26(30)18-8-4-3-5-9-18/h3-13,16,23H,14-15,17H2,1-2H3,(H,27,29)/t23-/m0/s1. The second kappa shape index (κ2) is 9.56. The van der Waals surface area contributed by atoms with Crippen LogP contribution in [0.2, 0.25) is 0 Å². The Labute approximate surface area is 187 Å². The van der Waals surface area contributed by atoms with Gasteiger partial charge < -0.3 is 14.8 Å². The maximum Gasteiger partial charge on any atom is 0.259 e. The number of nitrogens with zero attached hydrogens (tertiary/aromatic N) is 1. The van der Waals surface area contributed by atoms with Crippen LogP contribution in [0.15, 0.2) is 72.8 Å². The van der Waals surface area contributed by atoms with Crippen LogP contribution in [0.3, 0.4) is 0 Å². The van der Waals surface area contributed by atoms with Crippen LogP contribution in [0.1, 0.15) is 21.5 Å². The van der Waals surface area contributed by atoms with E-state index in [9.17, 15) is 9.59 Å². The number of hydrogen-bond donors (Lipinski definition) is 1. The number of carbonyl (C=O) groups excluding carboxylic acids is 2. The van der Waals surface area contributed by atoms with Crippen molar-refractivity contribution in [3.05, 3.63) is 89.5 Å². The van der Waals surface area contributed by atoms with Crippen molar-refractivity contribution in [1.29, 1.82) is 0 Å². The average Bonchev–Trinajstić information content (AvgIpc) is 3.23. The van der Waals surface area contributed by atoms with Crippen LogP contribution in [0, 0.1) is 0 Å². The van der Waals surface area contributed by atoms with Gasteiger partial charge in [-0.05, 0) is 53.9 Å². The number of benzene rings is 3. The van der Waals surface area contributed by atoms with E-state index >= 15 is 0 Å². The van der Waals surface area contributed by atoms with E-state index in [1.165, 1.54) is 0 Å². The van der Waals surface area contributed by atoms with Gasteiger partial charge in [0.25, 0.3) is 5.91 Å². The molecule has 0 saturated heterocycles. The molecule has 0 spiro atoms. The van der Waals surface area contributed by atoms with Crippen LogP contribution < -0.4 is 19.7 Å². The molecule has 0 radical (unpaired) electrons. The molecule has 0 bridgehead atoms. The minimum atomic E-state index is -0.590. The summed E-state index contributed by atoms with van der Waals surface area (Å²) >= 11 is 0. The van der Waals surface area contributed by atoms with E-state index in [-0.39, 0.29) is 11.8 Å². The van der Waals surface area contributed by atoms with Crippen molar-refractivity contribution >= 4 is 17.5 Å². The van der Waals surface area contributed by atoms with Gasteiger partial charge in [0, 0.05) is 24.2 Å². The van der Waals surface area contributed by atoms with E-state index < -0.39 is 6.04 Å². The molecule has 2 amide bonds. The Morgan fingerprint density at radius 1 is 0.969 bits per heavy atom. The summed E-state index contributed by atoms with van der Waals surface area (Å²) in [5.41, 5.74) is 3.28. The van der Waals surface area contributed by atoms with Crippen LogP contribution in [-0.4, -0.2) is 38.6 Å². The van der Waals surface area contributed by atoms with Crippen molar-refractivity contribution in [2.24, 2.45) is 0 Å². The Balaban J connectivity index is 1.50. The topological polar surface area (TPSA) is 67.9 Å². The minimum Gasteiger partial charge on any atom is -0.497 e. The number of anilines is 1. The molecule has 1 heterocycles. The van der Waals surface area contributed by atoms with Crippen molar-refractivity contribution in [1.82, 2.24) is 5.32 Å². The SMILES string of the molecule is COc1ccc(OC)c(CCNC(=O)[C@@H]2Cc3ccccc3N2C(=O)c2ccccc2)c1. The summed E-state index contributed by atoms with van der Waals surface area (Å²) < 4.78 is 10.7. The Hall–Kier alpha value is -3.80. The van der Waals surface area contributed by atoms with E-state index in [1.807, 2.05) is 60.7 Å². The molecule has 1 atom stereocenters. The van der Waals surface area contributed by atoms with Crippen molar-refractivity contribution in [2.45, 2.75) is 18.9 Å². The lowest BCUT2D eigenvalue weighted by molar-refractivity contribution is -0.122. The molecule has 0 fully saturated rings. The number of para-hydroxylation sites is 1. The largest absolute Gasteiger partial charge is 0.497 e. The first-order chi connectivity index (χ1) is 15.6. The first-order valence-electron chi connectivity index (χ1n) is 10.6. The third-order valence-corrected chi connectivity index (χ3v) is 5.70. The molecule has 32 heavy (non-hydrogen) atoms. The number of nitrogens with one attached hydrogen (secondary N) is 1. The number of methoxy groups -OCH3 is 2. The summed E-state index contributed by atoms with van der Waals surface area (Å²) in [6.45, 7) is 0.419. The maximum absolute atomic E-state index is 13.3. The molecular formula is C26H26N2O4. The van der Waals surface area contributed by atoms with Gasteiger partial charge in [0.15, 0.2) is 0 Å². The average molecular weight is 431 g/mol. The summed E-state index contributed by atoms with van der Waals surface area (Å²) in [5, 5.41) is 3.00. The lowest BCUT2D eigenvalue weighted by Gasteiger charge is -2.25. The highest BCUT2D eigenvalue weighted by Crippen LogP contribution is 2.33. The molecule has 6 heteroatoms. The van der Waals surface area contributed by atoms with E-state index in [1.54, 1.807) is 31.3 Å². The number of fused-ring (bicyclic) bond motifs is 1. The summed E-state index contributed by atoms with van der Waals surface area (Å²) in [6.07, 6.45) is 1.07. The van der Waals surface area contributed by atoms with Crippen LogP contribution in [0.5, 0.6) is 11.5 Å². The van der Waals surface area contributed by atoms with Crippen molar-refractivity contribution < 1.29 is 19.1 Å². The van der Waals surface area contributed by atoms with Gasteiger partial charge >= 0.3 is 0 Å². The van der Waals surface area contributed by atoms with Crippen molar-refractivity contribution in [3.8, 4) is 11.5 Å². The quantitative estimate of drug-likeness (QED) is 0.622. The van der Waals surface area contributed by atoms with Crippen molar-refractivity contribution in [2.75, 3.05) is 25.7 Å². The highest BCUT2D eigenvalue weighted by atomic mass is 16.5. The van der Waals surface area contributed by atoms with Gasteiger partial charge in [0.05, 0.1) is 14.2 Å². The third kappa shape index (κ3) is 4.30. The molecule has 4 rings (SSSR count). The second-order valence-electron chi connectivity index (χ2n) is 7.61. The van der Waals surface area contributed by atoms with Gasteiger partial charge in [0.1, 0.15) is 17.5 Å². The highest BCUT2D eigenvalue weighted by Gasteiger charge is 2.38. The van der Waals surface area contributed by atoms with Crippen LogP contribution >= 0.6 is 0 Å². The fraction of sp³-hybridized carbons (Fsp3) is 0.231. The molecule has 3 aromatic carbocycles. The zero-order valence-corrected chi connectivity index (χ0v) is 18.2. The highest BCUT2D eigenvalue weighted by molar-refractivity contribution is 6.11. The molecule has 0 unspecified atom stereocenters. The normalized spacial score (nSPS) is 14.6. The molecule has 1 aliphatic heterocycles. The van der Waals surface area contributed by atoms with Crippen LogP contribution in [-0.2, 0) is 17.6 Å². The number of ether oxygens (including phenoxy) is 2. The first kappa shape index (κ1) is 21.4. The molecule has 0 aliphatic carbocycles. The summed E-state index contributed by atoms with van der Waals surface area (Å²) in [6, 6.07) is 21.7. The predicted octanol–water partition coefficient (Wildman–Crippen LogP) is 3.63. The fourth-order valence-electron chi connectivity index (χ4n) is 4.08. The molecule has 0 aromatic heterocycles. The Bertz CT molecular complexity index is 1110. The Morgan fingerprint density at radius 2 is 1.72 bits per heavy atom. The lowest BCUT2D eigenvalue weighted by Crippen LogP contribution is -2.48. The lowest BCUT2D eigenvalue weighted by atomic mass is 10.1. The van der Waals surface area contributed by atoms with Crippen LogP contribution in [0.25, 0.3) is 0 Å². The van der Waals surface area contributed by atoms with Gasteiger partial charge in [0.2, 0.25) is 5.91 Å². The van der Waals surface area contributed by atoms with Crippen LogP contribution in [0.4, 0.5) is 5.69 Å². The molecule has 3 aromatic rings.